The normalized spacial score (nSPS) is 19.9. The topological polar surface area (TPSA) is 28.2 Å². The van der Waals surface area contributed by atoms with Gasteiger partial charge in [0, 0.05) is 30.9 Å². The average Bonchev–Trinajstić information content (AvgIpc) is 2.40. The highest BCUT2D eigenvalue weighted by Crippen LogP contribution is 2.19. The molecule has 3 heteroatoms. The summed E-state index contributed by atoms with van der Waals surface area (Å²) >= 11 is 0. The van der Waals surface area contributed by atoms with Crippen molar-refractivity contribution in [2.45, 2.75) is 32.2 Å². The molecule has 3 nitrogen and oxygen atoms in total. The maximum absolute atomic E-state index is 4.35. The zero-order valence-corrected chi connectivity index (χ0v) is 11.6. The van der Waals surface area contributed by atoms with Gasteiger partial charge in [-0.25, -0.2) is 0 Å². The van der Waals surface area contributed by atoms with Crippen molar-refractivity contribution in [1.29, 1.82) is 0 Å². The lowest BCUT2D eigenvalue weighted by Gasteiger charge is -2.33. The second-order valence-corrected chi connectivity index (χ2v) is 5.45. The Balaban J connectivity index is 1.67. The van der Waals surface area contributed by atoms with Gasteiger partial charge in [-0.15, -0.1) is 0 Å². The Labute approximate surface area is 111 Å². The van der Waals surface area contributed by atoms with Crippen LogP contribution in [0.1, 0.15) is 25.5 Å². The second-order valence-electron chi connectivity index (χ2n) is 5.45. The lowest BCUT2D eigenvalue weighted by atomic mass is 9.90. The van der Waals surface area contributed by atoms with E-state index in [0.717, 1.165) is 18.9 Å². The van der Waals surface area contributed by atoms with E-state index in [1.807, 2.05) is 12.3 Å². The monoisotopic (exact) mass is 247 g/mol. The summed E-state index contributed by atoms with van der Waals surface area (Å²) in [5.74, 6) is 0.838. The van der Waals surface area contributed by atoms with Crippen molar-refractivity contribution in [3.05, 3.63) is 30.1 Å². The number of piperidine rings is 1. The van der Waals surface area contributed by atoms with E-state index in [2.05, 4.69) is 41.3 Å². The van der Waals surface area contributed by atoms with Gasteiger partial charge in [-0.2, -0.15) is 0 Å². The minimum Gasteiger partial charge on any atom is -0.314 e. The number of hydrogen-bond donors (Lipinski definition) is 1. The first-order valence-corrected chi connectivity index (χ1v) is 7.07. The quantitative estimate of drug-likeness (QED) is 0.862. The summed E-state index contributed by atoms with van der Waals surface area (Å²) in [5.41, 5.74) is 1.18. The molecule has 0 amide bonds. The van der Waals surface area contributed by atoms with Gasteiger partial charge in [-0.3, -0.25) is 4.98 Å². The van der Waals surface area contributed by atoms with Crippen LogP contribution in [0.25, 0.3) is 0 Å². The van der Waals surface area contributed by atoms with Gasteiger partial charge in [-0.1, -0.05) is 6.07 Å². The number of pyridine rings is 1. The predicted molar refractivity (Wildman–Crippen MR) is 75.6 cm³/mol. The van der Waals surface area contributed by atoms with Crippen LogP contribution in [0.2, 0.25) is 0 Å². The van der Waals surface area contributed by atoms with Crippen LogP contribution in [-0.2, 0) is 6.42 Å². The fourth-order valence-corrected chi connectivity index (χ4v) is 2.67. The van der Waals surface area contributed by atoms with E-state index in [4.69, 9.17) is 0 Å². The van der Waals surface area contributed by atoms with E-state index in [1.165, 1.54) is 31.6 Å². The smallest absolute Gasteiger partial charge is 0.0416 e. The van der Waals surface area contributed by atoms with Crippen LogP contribution in [-0.4, -0.2) is 42.6 Å². The Bertz CT molecular complexity index is 331. The number of nitrogens with one attached hydrogen (secondary N) is 1. The van der Waals surface area contributed by atoms with Crippen LogP contribution in [0.5, 0.6) is 0 Å². The Kier molecular flexibility index (Phi) is 5.14. The fourth-order valence-electron chi connectivity index (χ4n) is 2.67. The average molecular weight is 247 g/mol. The van der Waals surface area contributed by atoms with Crippen LogP contribution in [0, 0.1) is 5.92 Å². The van der Waals surface area contributed by atoms with Gasteiger partial charge < -0.3 is 10.2 Å². The van der Waals surface area contributed by atoms with Crippen LogP contribution >= 0.6 is 0 Å². The van der Waals surface area contributed by atoms with E-state index in [-0.39, 0.29) is 0 Å². The minimum absolute atomic E-state index is 0.627. The molecule has 2 rings (SSSR count). The lowest BCUT2D eigenvalue weighted by molar-refractivity contribution is 0.190. The van der Waals surface area contributed by atoms with Gasteiger partial charge in [0.2, 0.25) is 0 Å². The third-order valence-electron chi connectivity index (χ3n) is 4.04. The van der Waals surface area contributed by atoms with E-state index in [0.29, 0.717) is 6.04 Å². The molecule has 100 valence electrons. The summed E-state index contributed by atoms with van der Waals surface area (Å²) in [5, 5.41) is 3.66. The van der Waals surface area contributed by atoms with Gasteiger partial charge in [0.15, 0.2) is 0 Å². The van der Waals surface area contributed by atoms with E-state index >= 15 is 0 Å². The van der Waals surface area contributed by atoms with Crippen molar-refractivity contribution in [1.82, 2.24) is 15.2 Å². The molecule has 1 aliphatic heterocycles. The molecule has 1 atom stereocenters. The zero-order chi connectivity index (χ0) is 12.8. The largest absolute Gasteiger partial charge is 0.314 e. The first kappa shape index (κ1) is 13.5. The van der Waals surface area contributed by atoms with Crippen molar-refractivity contribution in [2.75, 3.05) is 26.7 Å². The molecule has 1 fully saturated rings. The number of rotatable bonds is 5. The molecular formula is C15H25N3. The maximum atomic E-state index is 4.35. The number of nitrogens with zero attached hydrogens (tertiary/aromatic N) is 2. The van der Waals surface area contributed by atoms with Gasteiger partial charge in [0.05, 0.1) is 0 Å². The van der Waals surface area contributed by atoms with Crippen molar-refractivity contribution in [2.24, 2.45) is 5.92 Å². The molecule has 0 aliphatic carbocycles. The van der Waals surface area contributed by atoms with Gasteiger partial charge in [0.1, 0.15) is 0 Å². The first-order valence-electron chi connectivity index (χ1n) is 7.07. The Morgan fingerprint density at radius 1 is 1.39 bits per heavy atom. The highest BCUT2D eigenvalue weighted by molar-refractivity contribution is 5.03. The number of likely N-dealkylation sites (tertiary alicyclic amines) is 1. The molecule has 0 bridgehead atoms. The third-order valence-corrected chi connectivity index (χ3v) is 4.04. The predicted octanol–water partition coefficient (Wildman–Crippen LogP) is 1.94. The molecule has 0 spiro atoms. The van der Waals surface area contributed by atoms with Crippen molar-refractivity contribution in [3.8, 4) is 0 Å². The molecule has 1 aromatic heterocycles. The number of aromatic nitrogens is 1. The van der Waals surface area contributed by atoms with E-state index in [1.54, 1.807) is 0 Å². The first-order chi connectivity index (χ1) is 8.75. The molecule has 0 radical (unpaired) electrons. The number of hydrogen-bond acceptors (Lipinski definition) is 3. The Morgan fingerprint density at radius 2 is 2.17 bits per heavy atom. The van der Waals surface area contributed by atoms with Crippen LogP contribution in [0.15, 0.2) is 24.4 Å². The van der Waals surface area contributed by atoms with Gasteiger partial charge in [0.25, 0.3) is 0 Å². The minimum atomic E-state index is 0.627. The fraction of sp³-hybridized carbons (Fsp3) is 0.667. The molecule has 2 heterocycles. The summed E-state index contributed by atoms with van der Waals surface area (Å²) < 4.78 is 0. The lowest BCUT2D eigenvalue weighted by Crippen LogP contribution is -2.41. The summed E-state index contributed by atoms with van der Waals surface area (Å²) in [6.45, 7) is 5.85. The molecule has 1 saturated heterocycles. The van der Waals surface area contributed by atoms with Crippen LogP contribution in [0.4, 0.5) is 0 Å². The summed E-state index contributed by atoms with van der Waals surface area (Å²) in [6.07, 6.45) is 5.55. The summed E-state index contributed by atoms with van der Waals surface area (Å²) in [6, 6.07) is 6.75. The molecule has 0 aromatic carbocycles. The highest BCUT2D eigenvalue weighted by Gasteiger charge is 2.21. The van der Waals surface area contributed by atoms with E-state index < -0.39 is 0 Å². The molecular weight excluding hydrogens is 222 g/mol. The molecule has 1 unspecified atom stereocenters. The van der Waals surface area contributed by atoms with E-state index in [9.17, 15) is 0 Å². The summed E-state index contributed by atoms with van der Waals surface area (Å²) in [4.78, 5) is 6.78. The third kappa shape index (κ3) is 4.07. The maximum Gasteiger partial charge on any atom is 0.0416 e. The SMILES string of the molecule is CC(NCCc1ccccn1)C1CCN(C)CC1. The van der Waals surface area contributed by atoms with Crippen LogP contribution < -0.4 is 5.32 Å². The second kappa shape index (κ2) is 6.86. The molecule has 0 saturated carbocycles. The zero-order valence-electron chi connectivity index (χ0n) is 11.6. The standard InChI is InChI=1S/C15H25N3/c1-13(14-7-11-18(2)12-8-14)16-10-6-15-5-3-4-9-17-15/h3-5,9,13-14,16H,6-8,10-12H2,1-2H3. The molecule has 18 heavy (non-hydrogen) atoms. The molecule has 1 aromatic rings. The molecule has 1 N–H and O–H groups in total. The van der Waals surface area contributed by atoms with Crippen molar-refractivity contribution in [3.63, 3.8) is 0 Å². The summed E-state index contributed by atoms with van der Waals surface area (Å²) in [7, 11) is 2.22. The van der Waals surface area contributed by atoms with Crippen molar-refractivity contribution < 1.29 is 0 Å². The Hall–Kier alpha value is -0.930. The van der Waals surface area contributed by atoms with Gasteiger partial charge >= 0.3 is 0 Å². The van der Waals surface area contributed by atoms with Gasteiger partial charge in [-0.05, 0) is 58.0 Å². The highest BCUT2D eigenvalue weighted by atomic mass is 15.1. The van der Waals surface area contributed by atoms with Crippen molar-refractivity contribution >= 4 is 0 Å². The van der Waals surface area contributed by atoms with Crippen LogP contribution in [0.3, 0.4) is 0 Å². The molecule has 1 aliphatic rings. The Morgan fingerprint density at radius 3 is 2.83 bits per heavy atom.